The summed E-state index contributed by atoms with van der Waals surface area (Å²) in [5.74, 6) is 0.653. The molecule has 3 rings (SSSR count). The van der Waals surface area contributed by atoms with Gasteiger partial charge in [0.1, 0.15) is 11.3 Å². The van der Waals surface area contributed by atoms with Crippen LogP contribution in [0.3, 0.4) is 0 Å². The number of carbonyl (C=O) groups excluding carboxylic acids is 1. The van der Waals surface area contributed by atoms with Gasteiger partial charge < -0.3 is 10.1 Å². The zero-order chi connectivity index (χ0) is 17.1. The highest BCUT2D eigenvalue weighted by atomic mass is 35.5. The van der Waals surface area contributed by atoms with Crippen LogP contribution in [0.15, 0.2) is 36.4 Å². The average molecular weight is 381 g/mol. The fraction of sp³-hybridized carbons (Fsp3) is 0.176. The molecule has 4 nitrogen and oxygen atoms in total. The lowest BCUT2D eigenvalue weighted by atomic mass is 10.1. The summed E-state index contributed by atoms with van der Waals surface area (Å²) < 4.78 is 6.26. The van der Waals surface area contributed by atoms with Crippen molar-refractivity contribution >= 4 is 55.8 Å². The number of anilines is 1. The molecule has 1 amide bonds. The Morgan fingerprint density at radius 1 is 1.21 bits per heavy atom. The van der Waals surface area contributed by atoms with Gasteiger partial charge in [0.2, 0.25) is 5.91 Å². The van der Waals surface area contributed by atoms with E-state index in [1.807, 2.05) is 37.3 Å². The van der Waals surface area contributed by atoms with Gasteiger partial charge in [-0.2, -0.15) is 0 Å². The molecule has 7 heteroatoms. The summed E-state index contributed by atoms with van der Waals surface area (Å²) in [7, 11) is 0. The van der Waals surface area contributed by atoms with Gasteiger partial charge in [0, 0.05) is 0 Å². The van der Waals surface area contributed by atoms with Crippen LogP contribution in [0.25, 0.3) is 10.2 Å². The lowest BCUT2D eigenvalue weighted by Crippen LogP contribution is -2.14. The number of nitrogens with zero attached hydrogens (tertiary/aromatic N) is 1. The number of fused-ring (bicyclic) bond motifs is 1. The van der Waals surface area contributed by atoms with Gasteiger partial charge in [-0.1, -0.05) is 46.7 Å². The number of carbonyl (C=O) groups is 1. The molecule has 2 aromatic carbocycles. The van der Waals surface area contributed by atoms with Gasteiger partial charge in [-0.3, -0.25) is 4.79 Å². The van der Waals surface area contributed by atoms with Gasteiger partial charge in [-0.05, 0) is 36.8 Å². The Balaban J connectivity index is 1.69. The minimum atomic E-state index is -0.138. The molecule has 0 radical (unpaired) electrons. The molecule has 124 valence electrons. The topological polar surface area (TPSA) is 51.2 Å². The predicted molar refractivity (Wildman–Crippen MR) is 99.6 cm³/mol. The second kappa shape index (κ2) is 7.38. The quantitative estimate of drug-likeness (QED) is 0.662. The molecule has 1 N–H and O–H groups in total. The molecule has 1 aromatic heterocycles. The molecule has 1 heterocycles. The van der Waals surface area contributed by atoms with Gasteiger partial charge in [0.15, 0.2) is 5.13 Å². The van der Waals surface area contributed by atoms with Crippen LogP contribution >= 0.6 is 34.5 Å². The van der Waals surface area contributed by atoms with Crippen molar-refractivity contribution in [1.29, 1.82) is 0 Å². The molecular formula is C17H14Cl2N2O2S. The third-order valence-electron chi connectivity index (χ3n) is 3.30. The molecular weight excluding hydrogens is 367 g/mol. The van der Waals surface area contributed by atoms with Crippen LogP contribution in [-0.4, -0.2) is 17.5 Å². The Morgan fingerprint density at radius 3 is 2.67 bits per heavy atom. The lowest BCUT2D eigenvalue weighted by Gasteiger charge is -2.05. The normalized spacial score (nSPS) is 10.8. The molecule has 0 aliphatic rings. The standard InChI is InChI=1S/C17H14Cl2N2O2S/c1-2-23-11-5-3-10(4-6-11)9-14(22)20-17-21-16-13(24-17)8-7-12(18)15(16)19/h3-8H,2,9H2,1H3,(H,20,21,22). The second-order valence-corrected chi connectivity index (χ2v) is 6.84. The Morgan fingerprint density at radius 2 is 1.96 bits per heavy atom. The van der Waals surface area contributed by atoms with E-state index in [-0.39, 0.29) is 12.3 Å². The third-order valence-corrected chi connectivity index (χ3v) is 5.03. The fourth-order valence-electron chi connectivity index (χ4n) is 2.21. The van der Waals surface area contributed by atoms with E-state index in [1.54, 1.807) is 6.07 Å². The van der Waals surface area contributed by atoms with Gasteiger partial charge in [0.05, 0.1) is 27.8 Å². The Hall–Kier alpha value is -1.82. The third kappa shape index (κ3) is 3.80. The van der Waals surface area contributed by atoms with Gasteiger partial charge in [-0.25, -0.2) is 4.98 Å². The van der Waals surface area contributed by atoms with Crippen LogP contribution in [0.1, 0.15) is 12.5 Å². The fourth-order valence-corrected chi connectivity index (χ4v) is 3.52. The molecule has 0 bridgehead atoms. The number of rotatable bonds is 5. The highest BCUT2D eigenvalue weighted by molar-refractivity contribution is 7.22. The Kier molecular flexibility index (Phi) is 5.23. The van der Waals surface area contributed by atoms with Gasteiger partial charge >= 0.3 is 0 Å². The minimum absolute atomic E-state index is 0.138. The van der Waals surface area contributed by atoms with Crippen LogP contribution in [0.4, 0.5) is 5.13 Å². The largest absolute Gasteiger partial charge is 0.494 e. The number of hydrogen-bond donors (Lipinski definition) is 1. The number of thiazole rings is 1. The predicted octanol–water partition coefficient (Wildman–Crippen LogP) is 5.18. The van der Waals surface area contributed by atoms with Crippen molar-refractivity contribution in [3.63, 3.8) is 0 Å². The molecule has 3 aromatic rings. The number of ether oxygens (including phenoxy) is 1. The van der Waals surface area contributed by atoms with Crippen LogP contribution in [0.5, 0.6) is 5.75 Å². The maximum absolute atomic E-state index is 12.2. The summed E-state index contributed by atoms with van der Waals surface area (Å²) in [6.45, 7) is 2.54. The van der Waals surface area contributed by atoms with Crippen molar-refractivity contribution in [3.8, 4) is 5.75 Å². The van der Waals surface area contributed by atoms with Crippen LogP contribution in [0.2, 0.25) is 10.0 Å². The number of benzene rings is 2. The summed E-state index contributed by atoms with van der Waals surface area (Å²) in [5.41, 5.74) is 1.50. The van der Waals surface area contributed by atoms with Crippen molar-refractivity contribution in [1.82, 2.24) is 4.98 Å². The summed E-state index contributed by atoms with van der Waals surface area (Å²) in [4.78, 5) is 16.5. The Bertz CT molecular complexity index is 878. The van der Waals surface area contributed by atoms with E-state index >= 15 is 0 Å². The summed E-state index contributed by atoms with van der Waals surface area (Å²) >= 11 is 13.5. The maximum atomic E-state index is 12.2. The molecule has 0 aliphatic carbocycles. The van der Waals surface area contributed by atoms with Crippen molar-refractivity contribution in [2.24, 2.45) is 0 Å². The average Bonchev–Trinajstić information content (AvgIpc) is 2.96. The highest BCUT2D eigenvalue weighted by Crippen LogP contribution is 2.35. The van der Waals surface area contributed by atoms with Crippen molar-refractivity contribution in [2.75, 3.05) is 11.9 Å². The Labute approximate surface area is 153 Å². The second-order valence-electron chi connectivity index (χ2n) is 5.03. The van der Waals surface area contributed by atoms with Gasteiger partial charge in [-0.15, -0.1) is 0 Å². The highest BCUT2D eigenvalue weighted by Gasteiger charge is 2.12. The first-order valence-corrected chi connectivity index (χ1v) is 8.90. The van der Waals surface area contributed by atoms with E-state index < -0.39 is 0 Å². The molecule has 0 saturated heterocycles. The summed E-state index contributed by atoms with van der Waals surface area (Å²) in [5, 5.41) is 4.15. The van der Waals surface area contributed by atoms with Crippen molar-refractivity contribution in [3.05, 3.63) is 52.0 Å². The van der Waals surface area contributed by atoms with Crippen molar-refractivity contribution < 1.29 is 9.53 Å². The first-order chi connectivity index (χ1) is 11.6. The lowest BCUT2D eigenvalue weighted by molar-refractivity contribution is -0.115. The smallest absolute Gasteiger partial charge is 0.230 e. The molecule has 24 heavy (non-hydrogen) atoms. The molecule has 0 spiro atoms. The minimum Gasteiger partial charge on any atom is -0.494 e. The zero-order valence-electron chi connectivity index (χ0n) is 12.8. The van der Waals surface area contributed by atoms with E-state index in [9.17, 15) is 4.79 Å². The maximum Gasteiger partial charge on any atom is 0.230 e. The summed E-state index contributed by atoms with van der Waals surface area (Å²) in [6.07, 6.45) is 0.261. The van der Waals surface area contributed by atoms with E-state index in [1.165, 1.54) is 11.3 Å². The van der Waals surface area contributed by atoms with Crippen LogP contribution < -0.4 is 10.1 Å². The monoisotopic (exact) mass is 380 g/mol. The zero-order valence-corrected chi connectivity index (χ0v) is 15.1. The number of halogens is 2. The number of amides is 1. The number of aromatic nitrogens is 1. The molecule has 0 saturated carbocycles. The van der Waals surface area contributed by atoms with Crippen LogP contribution in [-0.2, 0) is 11.2 Å². The molecule has 0 atom stereocenters. The van der Waals surface area contributed by atoms with Crippen LogP contribution in [0, 0.1) is 0 Å². The van der Waals surface area contributed by atoms with E-state index in [0.29, 0.717) is 27.3 Å². The first-order valence-electron chi connectivity index (χ1n) is 7.33. The summed E-state index contributed by atoms with van der Waals surface area (Å²) in [6, 6.07) is 11.0. The SMILES string of the molecule is CCOc1ccc(CC(=O)Nc2nc3c(Cl)c(Cl)ccc3s2)cc1. The number of hydrogen-bond acceptors (Lipinski definition) is 4. The molecule has 0 unspecified atom stereocenters. The van der Waals surface area contributed by atoms with Crippen molar-refractivity contribution in [2.45, 2.75) is 13.3 Å². The van der Waals surface area contributed by atoms with E-state index in [4.69, 9.17) is 27.9 Å². The first kappa shape index (κ1) is 17.0. The molecule has 0 fully saturated rings. The van der Waals surface area contributed by atoms with E-state index in [2.05, 4.69) is 10.3 Å². The van der Waals surface area contributed by atoms with Gasteiger partial charge in [0.25, 0.3) is 0 Å². The van der Waals surface area contributed by atoms with E-state index in [0.717, 1.165) is 16.0 Å². The molecule has 0 aliphatic heterocycles. The number of nitrogens with one attached hydrogen (secondary N) is 1.